The van der Waals surface area contributed by atoms with E-state index in [1.807, 2.05) is 6.92 Å². The van der Waals surface area contributed by atoms with Crippen LogP contribution in [0.15, 0.2) is 36.7 Å². The molecule has 0 spiro atoms. The topological polar surface area (TPSA) is 33.1 Å². The molecule has 0 radical (unpaired) electrons. The van der Waals surface area contributed by atoms with Gasteiger partial charge in [0.2, 0.25) is 0 Å². The zero-order valence-corrected chi connectivity index (χ0v) is 8.24. The van der Waals surface area contributed by atoms with Crippen LogP contribution in [0.1, 0.15) is 5.56 Å². The second-order valence-corrected chi connectivity index (χ2v) is 3.35. The van der Waals surface area contributed by atoms with Crippen LogP contribution in [-0.4, -0.2) is 10.1 Å². The van der Waals surface area contributed by atoms with Crippen LogP contribution in [0.5, 0.6) is 5.75 Å². The summed E-state index contributed by atoms with van der Waals surface area (Å²) in [7, 11) is 0. The Hall–Kier alpha value is -1.90. The third kappa shape index (κ3) is 1.81. The van der Waals surface area contributed by atoms with E-state index in [2.05, 4.69) is 4.98 Å². The van der Waals surface area contributed by atoms with Gasteiger partial charge in [-0.25, -0.2) is 4.39 Å². The normalized spacial score (nSPS) is 10.3. The Balaban J connectivity index is 2.64. The summed E-state index contributed by atoms with van der Waals surface area (Å²) in [6.45, 7) is 1.87. The molecule has 1 aromatic carbocycles. The quantitative estimate of drug-likeness (QED) is 0.773. The van der Waals surface area contributed by atoms with E-state index in [0.29, 0.717) is 5.56 Å². The van der Waals surface area contributed by atoms with Gasteiger partial charge in [-0.3, -0.25) is 4.98 Å². The van der Waals surface area contributed by atoms with Crippen LogP contribution in [0.3, 0.4) is 0 Å². The number of aryl methyl sites for hydroxylation is 1. The fraction of sp³-hybridized carbons (Fsp3) is 0.0833. The highest BCUT2D eigenvalue weighted by Crippen LogP contribution is 2.31. The first-order valence-electron chi connectivity index (χ1n) is 4.58. The van der Waals surface area contributed by atoms with Crippen LogP contribution in [0, 0.1) is 12.7 Å². The van der Waals surface area contributed by atoms with Gasteiger partial charge in [0.25, 0.3) is 0 Å². The number of pyridine rings is 1. The molecular weight excluding hydrogens is 193 g/mol. The molecule has 0 amide bonds. The number of phenols is 1. The predicted molar refractivity (Wildman–Crippen MR) is 56.0 cm³/mol. The number of aromatic nitrogens is 1. The van der Waals surface area contributed by atoms with E-state index >= 15 is 0 Å². The molecule has 15 heavy (non-hydrogen) atoms. The molecule has 0 aliphatic carbocycles. The van der Waals surface area contributed by atoms with Gasteiger partial charge in [0.1, 0.15) is 11.6 Å². The van der Waals surface area contributed by atoms with Gasteiger partial charge in [-0.05, 0) is 42.3 Å². The first kappa shape index (κ1) is 9.65. The molecule has 0 unspecified atom stereocenters. The second kappa shape index (κ2) is 3.69. The number of rotatable bonds is 1. The van der Waals surface area contributed by atoms with Gasteiger partial charge in [-0.1, -0.05) is 0 Å². The number of phenolic OH excluding ortho intramolecular Hbond substituents is 1. The highest BCUT2D eigenvalue weighted by Gasteiger charge is 2.07. The summed E-state index contributed by atoms with van der Waals surface area (Å²) in [6, 6.07) is 5.65. The molecule has 0 aliphatic rings. The molecule has 1 N–H and O–H groups in total. The summed E-state index contributed by atoms with van der Waals surface area (Å²) in [5.41, 5.74) is 2.19. The second-order valence-electron chi connectivity index (χ2n) is 3.35. The van der Waals surface area contributed by atoms with Crippen molar-refractivity contribution >= 4 is 0 Å². The number of nitrogens with zero attached hydrogens (tertiary/aromatic N) is 1. The standard InChI is InChI=1S/C12H10FNO/c1-8-7-14-5-4-10(8)11-6-9(13)2-3-12(11)15/h2-7,15H,1H3. The molecule has 2 rings (SSSR count). The average Bonchev–Trinajstić information content (AvgIpc) is 2.23. The lowest BCUT2D eigenvalue weighted by Crippen LogP contribution is -1.86. The van der Waals surface area contributed by atoms with Crippen LogP contribution in [0.25, 0.3) is 11.1 Å². The number of hydrogen-bond acceptors (Lipinski definition) is 2. The van der Waals surface area contributed by atoms with Crippen molar-refractivity contribution in [1.82, 2.24) is 4.98 Å². The zero-order chi connectivity index (χ0) is 10.8. The van der Waals surface area contributed by atoms with Gasteiger partial charge < -0.3 is 5.11 Å². The largest absolute Gasteiger partial charge is 0.507 e. The number of hydrogen-bond donors (Lipinski definition) is 1. The van der Waals surface area contributed by atoms with E-state index < -0.39 is 0 Å². The highest BCUT2D eigenvalue weighted by molar-refractivity contribution is 5.72. The van der Waals surface area contributed by atoms with E-state index in [-0.39, 0.29) is 11.6 Å². The van der Waals surface area contributed by atoms with Crippen molar-refractivity contribution in [2.24, 2.45) is 0 Å². The van der Waals surface area contributed by atoms with Crippen molar-refractivity contribution < 1.29 is 9.50 Å². The zero-order valence-electron chi connectivity index (χ0n) is 8.24. The first-order chi connectivity index (χ1) is 7.18. The summed E-state index contributed by atoms with van der Waals surface area (Å²) in [5, 5.41) is 9.63. The third-order valence-corrected chi connectivity index (χ3v) is 2.27. The highest BCUT2D eigenvalue weighted by atomic mass is 19.1. The summed E-state index contributed by atoms with van der Waals surface area (Å²) >= 11 is 0. The van der Waals surface area contributed by atoms with Gasteiger partial charge >= 0.3 is 0 Å². The lowest BCUT2D eigenvalue weighted by atomic mass is 10.0. The van der Waals surface area contributed by atoms with Crippen molar-refractivity contribution in [2.45, 2.75) is 6.92 Å². The Kier molecular flexibility index (Phi) is 2.37. The number of aromatic hydroxyl groups is 1. The first-order valence-corrected chi connectivity index (χ1v) is 4.58. The Morgan fingerprint density at radius 2 is 2.00 bits per heavy atom. The Bertz CT molecular complexity index is 497. The van der Waals surface area contributed by atoms with E-state index in [0.717, 1.165) is 11.1 Å². The van der Waals surface area contributed by atoms with Crippen molar-refractivity contribution in [2.75, 3.05) is 0 Å². The Morgan fingerprint density at radius 3 is 2.73 bits per heavy atom. The van der Waals surface area contributed by atoms with E-state index in [4.69, 9.17) is 0 Å². The van der Waals surface area contributed by atoms with E-state index in [1.165, 1.54) is 18.2 Å². The minimum Gasteiger partial charge on any atom is -0.507 e. The number of halogens is 1. The van der Waals surface area contributed by atoms with Crippen LogP contribution in [-0.2, 0) is 0 Å². The smallest absolute Gasteiger partial charge is 0.124 e. The minimum absolute atomic E-state index is 0.0747. The fourth-order valence-electron chi connectivity index (χ4n) is 1.50. The van der Waals surface area contributed by atoms with Gasteiger partial charge in [-0.15, -0.1) is 0 Å². The van der Waals surface area contributed by atoms with Gasteiger partial charge in [0, 0.05) is 18.0 Å². The van der Waals surface area contributed by atoms with Crippen LogP contribution >= 0.6 is 0 Å². The molecule has 0 saturated heterocycles. The molecule has 3 heteroatoms. The molecule has 0 atom stereocenters. The number of benzene rings is 1. The summed E-state index contributed by atoms with van der Waals surface area (Å²) < 4.78 is 13.0. The average molecular weight is 203 g/mol. The Labute approximate surface area is 87.0 Å². The summed E-state index contributed by atoms with van der Waals surface area (Å²) in [6.07, 6.45) is 3.30. The molecule has 0 aliphatic heterocycles. The van der Waals surface area contributed by atoms with Crippen molar-refractivity contribution in [1.29, 1.82) is 0 Å². The van der Waals surface area contributed by atoms with Crippen molar-refractivity contribution in [3.8, 4) is 16.9 Å². The Morgan fingerprint density at radius 1 is 1.20 bits per heavy atom. The molecule has 2 aromatic rings. The molecule has 0 saturated carbocycles. The molecule has 0 fully saturated rings. The summed E-state index contributed by atoms with van der Waals surface area (Å²) in [4.78, 5) is 3.95. The predicted octanol–water partition coefficient (Wildman–Crippen LogP) is 2.90. The van der Waals surface area contributed by atoms with Crippen LogP contribution in [0.4, 0.5) is 4.39 Å². The van der Waals surface area contributed by atoms with Gasteiger partial charge in [0.05, 0.1) is 0 Å². The van der Waals surface area contributed by atoms with Gasteiger partial charge in [-0.2, -0.15) is 0 Å². The monoisotopic (exact) mass is 203 g/mol. The van der Waals surface area contributed by atoms with E-state index in [9.17, 15) is 9.50 Å². The van der Waals surface area contributed by atoms with Crippen molar-refractivity contribution in [3.05, 3.63) is 48.0 Å². The van der Waals surface area contributed by atoms with Crippen LogP contribution in [0.2, 0.25) is 0 Å². The molecule has 1 heterocycles. The van der Waals surface area contributed by atoms with E-state index in [1.54, 1.807) is 18.5 Å². The molecule has 0 bridgehead atoms. The molecule has 2 nitrogen and oxygen atoms in total. The lowest BCUT2D eigenvalue weighted by molar-refractivity contribution is 0.475. The maximum atomic E-state index is 13.0. The summed E-state index contributed by atoms with van der Waals surface area (Å²) in [5.74, 6) is -0.287. The maximum Gasteiger partial charge on any atom is 0.124 e. The van der Waals surface area contributed by atoms with Gasteiger partial charge in [0.15, 0.2) is 0 Å². The lowest BCUT2D eigenvalue weighted by Gasteiger charge is -2.07. The molecule has 1 aromatic heterocycles. The molecule has 76 valence electrons. The fourth-order valence-corrected chi connectivity index (χ4v) is 1.50. The third-order valence-electron chi connectivity index (χ3n) is 2.27. The van der Waals surface area contributed by atoms with Crippen molar-refractivity contribution in [3.63, 3.8) is 0 Å². The minimum atomic E-state index is -0.362. The maximum absolute atomic E-state index is 13.0. The molecular formula is C12H10FNO. The van der Waals surface area contributed by atoms with Crippen LogP contribution < -0.4 is 0 Å². The SMILES string of the molecule is Cc1cnccc1-c1cc(F)ccc1O.